The molecule has 2 rings (SSSR count). The first-order valence-corrected chi connectivity index (χ1v) is 6.51. The Balaban J connectivity index is 2.43. The number of rotatable bonds is 3. The van der Waals surface area contributed by atoms with E-state index in [0.717, 1.165) is 4.90 Å². The van der Waals surface area contributed by atoms with Gasteiger partial charge in [0.2, 0.25) is 0 Å². The molecule has 2 aromatic rings. The van der Waals surface area contributed by atoms with Crippen LogP contribution in [0.3, 0.4) is 0 Å². The Bertz CT molecular complexity index is 634. The highest BCUT2D eigenvalue weighted by Crippen LogP contribution is 2.32. The van der Waals surface area contributed by atoms with E-state index < -0.39 is 5.82 Å². The molecule has 0 aliphatic heterocycles. The summed E-state index contributed by atoms with van der Waals surface area (Å²) in [4.78, 5) is 1.39. The summed E-state index contributed by atoms with van der Waals surface area (Å²) in [5, 5.41) is 12.2. The molecule has 0 spiro atoms. The molecule has 0 heterocycles. The van der Waals surface area contributed by atoms with E-state index in [-0.39, 0.29) is 11.4 Å². The van der Waals surface area contributed by atoms with Crippen LogP contribution in [-0.2, 0) is 0 Å². The lowest BCUT2D eigenvalue weighted by molar-refractivity contribution is 0.318. The Hall–Kier alpha value is -1.72. The third-order valence-electron chi connectivity index (χ3n) is 2.36. The Morgan fingerprint density at radius 1 is 1.26 bits per heavy atom. The number of nitrogens with two attached hydrogens (primary N) is 1. The average molecular weight is 297 g/mol. The predicted molar refractivity (Wildman–Crippen MR) is 74.5 cm³/mol. The van der Waals surface area contributed by atoms with E-state index in [4.69, 9.17) is 22.5 Å². The van der Waals surface area contributed by atoms with Gasteiger partial charge in [0.25, 0.3) is 0 Å². The van der Waals surface area contributed by atoms with Gasteiger partial charge in [-0.25, -0.2) is 4.39 Å². The van der Waals surface area contributed by atoms with Crippen LogP contribution in [0, 0.1) is 5.82 Å². The van der Waals surface area contributed by atoms with E-state index >= 15 is 0 Å². The van der Waals surface area contributed by atoms with E-state index in [2.05, 4.69) is 5.16 Å². The number of nitrogens with zero attached hydrogens (tertiary/aromatic N) is 1. The minimum absolute atomic E-state index is 0.0787. The van der Waals surface area contributed by atoms with Crippen molar-refractivity contribution in [3.63, 3.8) is 0 Å². The zero-order valence-corrected chi connectivity index (χ0v) is 11.2. The molecule has 0 fully saturated rings. The summed E-state index contributed by atoms with van der Waals surface area (Å²) in [5.74, 6) is -0.801. The van der Waals surface area contributed by atoms with Crippen molar-refractivity contribution < 1.29 is 9.60 Å². The Morgan fingerprint density at radius 3 is 2.68 bits per heavy atom. The summed E-state index contributed by atoms with van der Waals surface area (Å²) in [6, 6.07) is 11.7. The summed E-state index contributed by atoms with van der Waals surface area (Å²) in [6.07, 6.45) is 0. The summed E-state index contributed by atoms with van der Waals surface area (Å²) < 4.78 is 13.8. The normalized spacial score (nSPS) is 11.6. The molecule has 0 unspecified atom stereocenters. The molecule has 0 radical (unpaired) electrons. The van der Waals surface area contributed by atoms with E-state index in [0.29, 0.717) is 9.92 Å². The number of amidine groups is 1. The first-order chi connectivity index (χ1) is 9.11. The van der Waals surface area contributed by atoms with Crippen LogP contribution >= 0.6 is 23.4 Å². The monoisotopic (exact) mass is 296 g/mol. The van der Waals surface area contributed by atoms with Crippen LogP contribution in [0.4, 0.5) is 4.39 Å². The molecule has 2 aromatic carbocycles. The lowest BCUT2D eigenvalue weighted by Crippen LogP contribution is -2.16. The van der Waals surface area contributed by atoms with E-state index in [9.17, 15) is 4.39 Å². The Kier molecular flexibility index (Phi) is 4.29. The van der Waals surface area contributed by atoms with Crippen LogP contribution in [0.1, 0.15) is 5.56 Å². The van der Waals surface area contributed by atoms with Gasteiger partial charge in [0.1, 0.15) is 5.82 Å². The molecule has 19 heavy (non-hydrogen) atoms. The van der Waals surface area contributed by atoms with Crippen molar-refractivity contribution in [3.8, 4) is 0 Å². The number of hydrogen-bond acceptors (Lipinski definition) is 3. The maximum Gasteiger partial charge on any atom is 0.174 e. The number of oxime groups is 1. The molecule has 98 valence electrons. The zero-order chi connectivity index (χ0) is 13.8. The SMILES string of the molecule is NC(=NO)c1c(F)cccc1Sc1cccc(Cl)c1. The third-order valence-corrected chi connectivity index (χ3v) is 3.65. The van der Waals surface area contributed by atoms with Crippen molar-refractivity contribution >= 4 is 29.2 Å². The first-order valence-electron chi connectivity index (χ1n) is 5.31. The summed E-state index contributed by atoms with van der Waals surface area (Å²) in [5.41, 5.74) is 5.58. The number of halogens is 2. The third kappa shape index (κ3) is 3.19. The zero-order valence-electron chi connectivity index (χ0n) is 9.68. The predicted octanol–water partition coefficient (Wildman–Crippen LogP) is 3.72. The fraction of sp³-hybridized carbons (Fsp3) is 0. The first kappa shape index (κ1) is 13.7. The van der Waals surface area contributed by atoms with Crippen LogP contribution in [0.2, 0.25) is 5.02 Å². The lowest BCUT2D eigenvalue weighted by Gasteiger charge is -2.09. The van der Waals surface area contributed by atoms with Gasteiger partial charge in [0.15, 0.2) is 5.84 Å². The lowest BCUT2D eigenvalue weighted by atomic mass is 10.2. The maximum atomic E-state index is 13.8. The largest absolute Gasteiger partial charge is 0.409 e. The highest BCUT2D eigenvalue weighted by molar-refractivity contribution is 7.99. The average Bonchev–Trinajstić information content (AvgIpc) is 2.38. The second-order valence-corrected chi connectivity index (χ2v) is 5.21. The minimum atomic E-state index is -0.540. The smallest absolute Gasteiger partial charge is 0.174 e. The highest BCUT2D eigenvalue weighted by Gasteiger charge is 2.14. The van der Waals surface area contributed by atoms with Crippen LogP contribution in [0.15, 0.2) is 57.4 Å². The molecule has 3 N–H and O–H groups in total. The maximum absolute atomic E-state index is 13.8. The van der Waals surface area contributed by atoms with Gasteiger partial charge in [-0.3, -0.25) is 0 Å². The Labute approximate surface area is 118 Å². The van der Waals surface area contributed by atoms with Crippen molar-refractivity contribution in [1.29, 1.82) is 0 Å². The molecule has 0 bridgehead atoms. The van der Waals surface area contributed by atoms with Gasteiger partial charge in [-0.05, 0) is 30.3 Å². The van der Waals surface area contributed by atoms with Crippen LogP contribution in [-0.4, -0.2) is 11.0 Å². The van der Waals surface area contributed by atoms with Crippen LogP contribution in [0.5, 0.6) is 0 Å². The van der Waals surface area contributed by atoms with Crippen molar-refractivity contribution in [2.24, 2.45) is 10.9 Å². The van der Waals surface area contributed by atoms with E-state index in [1.807, 2.05) is 6.07 Å². The summed E-state index contributed by atoms with van der Waals surface area (Å²) >= 11 is 7.19. The molecular weight excluding hydrogens is 287 g/mol. The van der Waals surface area contributed by atoms with Crippen LogP contribution in [0.25, 0.3) is 0 Å². The fourth-order valence-corrected chi connectivity index (χ4v) is 2.84. The van der Waals surface area contributed by atoms with Crippen molar-refractivity contribution in [3.05, 3.63) is 58.9 Å². The van der Waals surface area contributed by atoms with Gasteiger partial charge in [0.05, 0.1) is 5.56 Å². The number of hydrogen-bond donors (Lipinski definition) is 2. The van der Waals surface area contributed by atoms with Crippen molar-refractivity contribution in [2.75, 3.05) is 0 Å². The molecule has 0 aromatic heterocycles. The second kappa shape index (κ2) is 5.95. The quantitative estimate of drug-likeness (QED) is 0.393. The summed E-state index contributed by atoms with van der Waals surface area (Å²) in [7, 11) is 0. The minimum Gasteiger partial charge on any atom is -0.409 e. The van der Waals surface area contributed by atoms with Gasteiger partial charge >= 0.3 is 0 Å². The topological polar surface area (TPSA) is 58.6 Å². The second-order valence-electron chi connectivity index (χ2n) is 3.66. The molecule has 0 amide bonds. The van der Waals surface area contributed by atoms with Gasteiger partial charge in [-0.2, -0.15) is 0 Å². The molecule has 0 aliphatic carbocycles. The highest BCUT2D eigenvalue weighted by atomic mass is 35.5. The molecule has 0 saturated carbocycles. The standard InChI is InChI=1S/C13H10ClFN2OS/c14-8-3-1-4-9(7-8)19-11-6-2-5-10(15)12(11)13(16)17-18/h1-7,18H,(H2,16,17). The molecule has 6 heteroatoms. The molecule has 0 aliphatic rings. The number of benzene rings is 2. The van der Waals surface area contributed by atoms with Gasteiger partial charge in [-0.15, -0.1) is 0 Å². The van der Waals surface area contributed by atoms with Gasteiger partial charge in [-0.1, -0.05) is 40.7 Å². The fourth-order valence-electron chi connectivity index (χ4n) is 1.55. The van der Waals surface area contributed by atoms with Crippen molar-refractivity contribution in [2.45, 2.75) is 9.79 Å². The van der Waals surface area contributed by atoms with Gasteiger partial charge < -0.3 is 10.9 Å². The summed E-state index contributed by atoms with van der Waals surface area (Å²) in [6.45, 7) is 0. The molecule has 0 saturated heterocycles. The van der Waals surface area contributed by atoms with E-state index in [1.54, 1.807) is 30.3 Å². The molecular formula is C13H10ClFN2OS. The van der Waals surface area contributed by atoms with Gasteiger partial charge in [0, 0.05) is 14.8 Å². The Morgan fingerprint density at radius 2 is 2.00 bits per heavy atom. The van der Waals surface area contributed by atoms with Crippen LogP contribution < -0.4 is 5.73 Å². The van der Waals surface area contributed by atoms with E-state index in [1.165, 1.54) is 17.8 Å². The molecule has 3 nitrogen and oxygen atoms in total. The van der Waals surface area contributed by atoms with Crippen molar-refractivity contribution in [1.82, 2.24) is 0 Å². The molecule has 0 atom stereocenters.